The molecule has 0 heterocycles. The zero-order valence-electron chi connectivity index (χ0n) is 5.22. The predicted molar refractivity (Wildman–Crippen MR) is 32.5 cm³/mol. The summed E-state index contributed by atoms with van der Waals surface area (Å²) in [5, 5.41) is 9.36. The van der Waals surface area contributed by atoms with E-state index in [1.165, 1.54) is 0 Å². The van der Waals surface area contributed by atoms with Crippen molar-refractivity contribution in [2.75, 3.05) is 0 Å². The second-order valence-corrected chi connectivity index (χ2v) is 2.60. The van der Waals surface area contributed by atoms with Gasteiger partial charge in [-0.05, 0) is 19.3 Å². The third-order valence-corrected chi connectivity index (χ3v) is 2.19. The summed E-state index contributed by atoms with van der Waals surface area (Å²) in [6, 6.07) is 0.0486. The Hall–Kier alpha value is -0.0800. The molecule has 0 radical (unpaired) electrons. The summed E-state index contributed by atoms with van der Waals surface area (Å²) >= 11 is 0. The van der Waals surface area contributed by atoms with Crippen LogP contribution in [-0.2, 0) is 0 Å². The Morgan fingerprint density at radius 1 is 1.88 bits per heavy atom. The number of aliphatic hydroxyl groups is 1. The molecule has 0 unspecified atom stereocenters. The predicted octanol–water partition coefficient (Wildman–Crippen LogP) is 0.249. The van der Waals surface area contributed by atoms with Crippen molar-refractivity contribution < 1.29 is 5.11 Å². The molecule has 1 aliphatic rings. The third-order valence-electron chi connectivity index (χ3n) is 2.19. The SMILES string of the molecule is CC[C@@]1(O)CC[C@@H]1N. The second-order valence-electron chi connectivity index (χ2n) is 2.60. The molecule has 0 bridgehead atoms. The van der Waals surface area contributed by atoms with E-state index in [-0.39, 0.29) is 6.04 Å². The van der Waals surface area contributed by atoms with Crippen molar-refractivity contribution in [1.82, 2.24) is 0 Å². The number of rotatable bonds is 1. The Kier molecular flexibility index (Phi) is 1.29. The summed E-state index contributed by atoms with van der Waals surface area (Å²) in [6.45, 7) is 1.97. The van der Waals surface area contributed by atoms with Gasteiger partial charge in [0.15, 0.2) is 0 Å². The molecule has 1 saturated carbocycles. The highest BCUT2D eigenvalue weighted by Crippen LogP contribution is 2.32. The molecule has 8 heavy (non-hydrogen) atoms. The van der Waals surface area contributed by atoms with Crippen LogP contribution in [0.1, 0.15) is 26.2 Å². The van der Waals surface area contributed by atoms with Crippen LogP contribution >= 0.6 is 0 Å². The highest BCUT2D eigenvalue weighted by atomic mass is 16.3. The fourth-order valence-electron chi connectivity index (χ4n) is 1.08. The van der Waals surface area contributed by atoms with Crippen LogP contribution in [0, 0.1) is 0 Å². The Balaban J connectivity index is 2.42. The van der Waals surface area contributed by atoms with Gasteiger partial charge in [-0.2, -0.15) is 0 Å². The van der Waals surface area contributed by atoms with Gasteiger partial charge in [0.2, 0.25) is 0 Å². The minimum absolute atomic E-state index is 0.0486. The molecule has 2 nitrogen and oxygen atoms in total. The van der Waals surface area contributed by atoms with E-state index in [9.17, 15) is 5.11 Å². The summed E-state index contributed by atoms with van der Waals surface area (Å²) < 4.78 is 0. The van der Waals surface area contributed by atoms with Crippen LogP contribution in [0.5, 0.6) is 0 Å². The van der Waals surface area contributed by atoms with E-state index in [4.69, 9.17) is 5.73 Å². The van der Waals surface area contributed by atoms with Gasteiger partial charge in [0, 0.05) is 6.04 Å². The van der Waals surface area contributed by atoms with Gasteiger partial charge < -0.3 is 10.8 Å². The zero-order chi connectivity index (χ0) is 6.20. The zero-order valence-corrected chi connectivity index (χ0v) is 5.22. The maximum atomic E-state index is 9.36. The maximum absolute atomic E-state index is 9.36. The summed E-state index contributed by atoms with van der Waals surface area (Å²) in [5.74, 6) is 0. The van der Waals surface area contributed by atoms with E-state index in [0.29, 0.717) is 0 Å². The van der Waals surface area contributed by atoms with Crippen LogP contribution in [0.2, 0.25) is 0 Å². The average Bonchev–Trinajstić information content (AvgIpc) is 1.83. The van der Waals surface area contributed by atoms with Gasteiger partial charge in [0.25, 0.3) is 0 Å². The number of hydrogen-bond acceptors (Lipinski definition) is 2. The minimum Gasteiger partial charge on any atom is -0.388 e. The van der Waals surface area contributed by atoms with Crippen molar-refractivity contribution >= 4 is 0 Å². The van der Waals surface area contributed by atoms with Gasteiger partial charge in [0.05, 0.1) is 5.60 Å². The monoisotopic (exact) mass is 115 g/mol. The molecule has 0 amide bonds. The molecule has 0 saturated heterocycles. The van der Waals surface area contributed by atoms with Crippen molar-refractivity contribution in [2.24, 2.45) is 5.73 Å². The van der Waals surface area contributed by atoms with Crippen LogP contribution in [0.25, 0.3) is 0 Å². The first kappa shape index (κ1) is 6.05. The first-order valence-electron chi connectivity index (χ1n) is 3.17. The Morgan fingerprint density at radius 2 is 2.50 bits per heavy atom. The van der Waals surface area contributed by atoms with Crippen molar-refractivity contribution in [3.8, 4) is 0 Å². The fourth-order valence-corrected chi connectivity index (χ4v) is 1.08. The highest BCUT2D eigenvalue weighted by Gasteiger charge is 2.40. The molecular formula is C6H13NO. The van der Waals surface area contributed by atoms with Crippen LogP contribution < -0.4 is 5.73 Å². The van der Waals surface area contributed by atoms with Crippen molar-refractivity contribution in [3.63, 3.8) is 0 Å². The largest absolute Gasteiger partial charge is 0.388 e. The Morgan fingerprint density at radius 3 is 2.50 bits per heavy atom. The van der Waals surface area contributed by atoms with E-state index in [1.807, 2.05) is 6.92 Å². The molecule has 48 valence electrons. The van der Waals surface area contributed by atoms with E-state index in [2.05, 4.69) is 0 Å². The molecule has 2 atom stereocenters. The molecule has 0 aliphatic heterocycles. The maximum Gasteiger partial charge on any atom is 0.0795 e. The molecule has 1 fully saturated rings. The lowest BCUT2D eigenvalue weighted by Gasteiger charge is -2.42. The van der Waals surface area contributed by atoms with Gasteiger partial charge >= 0.3 is 0 Å². The first-order valence-corrected chi connectivity index (χ1v) is 3.17. The lowest BCUT2D eigenvalue weighted by molar-refractivity contribution is -0.0568. The standard InChI is InChI=1S/C6H13NO/c1-2-6(8)4-3-5(6)7/h5,8H,2-4,7H2,1H3/t5-,6+/m0/s1. The van der Waals surface area contributed by atoms with Gasteiger partial charge in [-0.15, -0.1) is 0 Å². The minimum atomic E-state index is -0.500. The van der Waals surface area contributed by atoms with Crippen LogP contribution in [0.4, 0.5) is 0 Å². The van der Waals surface area contributed by atoms with Gasteiger partial charge in [-0.3, -0.25) is 0 Å². The molecule has 0 aromatic heterocycles. The lowest BCUT2D eigenvalue weighted by Crippen LogP contribution is -2.56. The quantitative estimate of drug-likeness (QED) is 0.514. The van der Waals surface area contributed by atoms with Crippen LogP contribution in [-0.4, -0.2) is 16.7 Å². The first-order chi connectivity index (χ1) is 3.69. The molecule has 1 rings (SSSR count). The molecular weight excluding hydrogens is 102 g/mol. The Bertz CT molecular complexity index is 90.5. The van der Waals surface area contributed by atoms with Gasteiger partial charge in [-0.1, -0.05) is 6.92 Å². The Labute approximate surface area is 49.7 Å². The normalized spacial score (nSPS) is 46.1. The van der Waals surface area contributed by atoms with E-state index in [0.717, 1.165) is 19.3 Å². The molecule has 1 aliphatic carbocycles. The molecule has 2 heteroatoms. The average molecular weight is 115 g/mol. The summed E-state index contributed by atoms with van der Waals surface area (Å²) in [6.07, 6.45) is 2.68. The van der Waals surface area contributed by atoms with Crippen molar-refractivity contribution in [1.29, 1.82) is 0 Å². The van der Waals surface area contributed by atoms with E-state index >= 15 is 0 Å². The fraction of sp³-hybridized carbons (Fsp3) is 1.00. The second kappa shape index (κ2) is 1.71. The summed E-state index contributed by atoms with van der Waals surface area (Å²) in [7, 11) is 0. The summed E-state index contributed by atoms with van der Waals surface area (Å²) in [4.78, 5) is 0. The van der Waals surface area contributed by atoms with E-state index < -0.39 is 5.60 Å². The lowest BCUT2D eigenvalue weighted by atomic mass is 9.74. The number of hydrogen-bond donors (Lipinski definition) is 2. The topological polar surface area (TPSA) is 46.2 Å². The van der Waals surface area contributed by atoms with Crippen LogP contribution in [0.3, 0.4) is 0 Å². The number of nitrogens with two attached hydrogens (primary N) is 1. The molecule has 0 aromatic carbocycles. The van der Waals surface area contributed by atoms with Gasteiger partial charge in [-0.25, -0.2) is 0 Å². The molecule has 0 aromatic rings. The van der Waals surface area contributed by atoms with Crippen LogP contribution in [0.15, 0.2) is 0 Å². The van der Waals surface area contributed by atoms with Crippen molar-refractivity contribution in [3.05, 3.63) is 0 Å². The van der Waals surface area contributed by atoms with Gasteiger partial charge in [0.1, 0.15) is 0 Å². The third kappa shape index (κ3) is 0.644. The van der Waals surface area contributed by atoms with E-state index in [1.54, 1.807) is 0 Å². The summed E-state index contributed by atoms with van der Waals surface area (Å²) in [5.41, 5.74) is 5.02. The smallest absolute Gasteiger partial charge is 0.0795 e. The highest BCUT2D eigenvalue weighted by molar-refractivity contribution is 4.98. The van der Waals surface area contributed by atoms with Crippen molar-refractivity contribution in [2.45, 2.75) is 37.8 Å². The molecule has 0 spiro atoms. The molecule has 3 N–H and O–H groups in total.